The molecule has 0 saturated heterocycles. The SMILES string of the molecule is COc1ccc(C(=O)N(C)[C@@H](C)c2cc3ccccc3o2)cc1[N+](=O)[O-]. The number of benzene rings is 2. The van der Waals surface area contributed by atoms with Crippen molar-refractivity contribution in [2.75, 3.05) is 14.2 Å². The molecule has 1 aromatic heterocycles. The summed E-state index contributed by atoms with van der Waals surface area (Å²) in [5, 5.41) is 12.1. The predicted octanol–water partition coefficient (Wildman–Crippen LogP) is 4.18. The third kappa shape index (κ3) is 3.11. The molecule has 0 fully saturated rings. The number of furan rings is 1. The van der Waals surface area contributed by atoms with Crippen molar-refractivity contribution in [2.45, 2.75) is 13.0 Å². The zero-order valence-corrected chi connectivity index (χ0v) is 14.6. The number of amides is 1. The van der Waals surface area contributed by atoms with Crippen molar-refractivity contribution in [3.63, 3.8) is 0 Å². The monoisotopic (exact) mass is 354 g/mol. The Labute approximate surface area is 149 Å². The largest absolute Gasteiger partial charge is 0.490 e. The standard InChI is InChI=1S/C19H18N2O5/c1-12(18-11-13-6-4-5-7-16(13)26-18)20(2)19(22)14-8-9-17(25-3)15(10-14)21(23)24/h4-12H,1-3H3/t12-/m0/s1. The summed E-state index contributed by atoms with van der Waals surface area (Å²) in [6, 6.07) is 13.3. The van der Waals surface area contributed by atoms with Gasteiger partial charge in [-0.3, -0.25) is 14.9 Å². The first-order valence-corrected chi connectivity index (χ1v) is 8.00. The molecule has 2 aromatic carbocycles. The lowest BCUT2D eigenvalue weighted by atomic mass is 10.1. The van der Waals surface area contributed by atoms with Gasteiger partial charge in [0.2, 0.25) is 0 Å². The fourth-order valence-corrected chi connectivity index (χ4v) is 2.74. The molecule has 7 nitrogen and oxygen atoms in total. The van der Waals surface area contributed by atoms with Gasteiger partial charge in [-0.15, -0.1) is 0 Å². The first-order chi connectivity index (χ1) is 12.4. The van der Waals surface area contributed by atoms with Crippen LogP contribution in [0, 0.1) is 10.1 Å². The van der Waals surface area contributed by atoms with Gasteiger partial charge in [-0.25, -0.2) is 0 Å². The lowest BCUT2D eigenvalue weighted by molar-refractivity contribution is -0.385. The molecule has 1 atom stereocenters. The second-order valence-electron chi connectivity index (χ2n) is 5.92. The zero-order chi connectivity index (χ0) is 18.8. The Kier molecular flexibility index (Phi) is 4.62. The van der Waals surface area contributed by atoms with E-state index in [2.05, 4.69) is 0 Å². The van der Waals surface area contributed by atoms with Crippen LogP contribution in [0.1, 0.15) is 29.1 Å². The van der Waals surface area contributed by atoms with Gasteiger partial charge in [0.25, 0.3) is 5.91 Å². The van der Waals surface area contributed by atoms with Crippen molar-refractivity contribution in [3.05, 3.63) is 70.0 Å². The Hall–Kier alpha value is -3.35. The van der Waals surface area contributed by atoms with Crippen LogP contribution in [0.15, 0.2) is 52.9 Å². The summed E-state index contributed by atoms with van der Waals surface area (Å²) in [7, 11) is 2.98. The summed E-state index contributed by atoms with van der Waals surface area (Å²) in [6.07, 6.45) is 0. The molecule has 0 bridgehead atoms. The summed E-state index contributed by atoms with van der Waals surface area (Å²) in [5.41, 5.74) is 0.710. The minimum Gasteiger partial charge on any atom is -0.490 e. The minimum atomic E-state index is -0.571. The van der Waals surface area contributed by atoms with Crippen LogP contribution in [0.25, 0.3) is 11.0 Å². The number of para-hydroxylation sites is 1. The van der Waals surface area contributed by atoms with Gasteiger partial charge in [-0.2, -0.15) is 0 Å². The van der Waals surface area contributed by atoms with Crippen LogP contribution in [0.4, 0.5) is 5.69 Å². The van der Waals surface area contributed by atoms with Gasteiger partial charge in [-0.05, 0) is 31.2 Å². The summed E-state index contributed by atoms with van der Waals surface area (Å²) < 4.78 is 10.8. The maximum atomic E-state index is 12.8. The van der Waals surface area contributed by atoms with Crippen molar-refractivity contribution in [2.24, 2.45) is 0 Å². The molecule has 3 aromatic rings. The first-order valence-electron chi connectivity index (χ1n) is 8.00. The molecule has 26 heavy (non-hydrogen) atoms. The maximum absolute atomic E-state index is 12.8. The van der Waals surface area contributed by atoms with E-state index in [0.29, 0.717) is 5.76 Å². The van der Waals surface area contributed by atoms with Gasteiger partial charge in [-0.1, -0.05) is 18.2 Å². The van der Waals surface area contributed by atoms with Gasteiger partial charge < -0.3 is 14.1 Å². The maximum Gasteiger partial charge on any atom is 0.311 e. The van der Waals surface area contributed by atoms with Crippen molar-refractivity contribution in [1.82, 2.24) is 4.90 Å². The van der Waals surface area contributed by atoms with E-state index in [0.717, 1.165) is 11.0 Å². The van der Waals surface area contributed by atoms with Gasteiger partial charge >= 0.3 is 5.69 Å². The first kappa shape index (κ1) is 17.5. The van der Waals surface area contributed by atoms with E-state index in [1.807, 2.05) is 37.3 Å². The Balaban J connectivity index is 1.89. The number of carbonyl (C=O) groups excluding carboxylic acids is 1. The smallest absolute Gasteiger partial charge is 0.311 e. The van der Waals surface area contributed by atoms with E-state index in [1.54, 1.807) is 7.05 Å². The highest BCUT2D eigenvalue weighted by Crippen LogP contribution is 2.30. The van der Waals surface area contributed by atoms with Crippen molar-refractivity contribution >= 4 is 22.6 Å². The van der Waals surface area contributed by atoms with Crippen LogP contribution >= 0.6 is 0 Å². The van der Waals surface area contributed by atoms with E-state index in [-0.39, 0.29) is 28.9 Å². The molecule has 134 valence electrons. The Morgan fingerprint density at radius 2 is 1.96 bits per heavy atom. The zero-order valence-electron chi connectivity index (χ0n) is 14.6. The molecule has 7 heteroatoms. The third-order valence-corrected chi connectivity index (χ3v) is 4.38. The molecule has 0 N–H and O–H groups in total. The van der Waals surface area contributed by atoms with E-state index >= 15 is 0 Å². The summed E-state index contributed by atoms with van der Waals surface area (Å²) >= 11 is 0. The number of hydrogen-bond acceptors (Lipinski definition) is 5. The quantitative estimate of drug-likeness (QED) is 0.507. The highest BCUT2D eigenvalue weighted by Gasteiger charge is 2.24. The average molecular weight is 354 g/mol. The molecule has 3 rings (SSSR count). The predicted molar refractivity (Wildman–Crippen MR) is 96.4 cm³/mol. The normalized spacial score (nSPS) is 12.0. The number of fused-ring (bicyclic) bond motifs is 1. The Morgan fingerprint density at radius 3 is 2.62 bits per heavy atom. The third-order valence-electron chi connectivity index (χ3n) is 4.38. The van der Waals surface area contributed by atoms with Crippen molar-refractivity contribution in [3.8, 4) is 5.75 Å². The topological polar surface area (TPSA) is 85.8 Å². The molecule has 0 radical (unpaired) electrons. The number of nitro benzene ring substituents is 1. The number of rotatable bonds is 5. The van der Waals surface area contributed by atoms with Crippen LogP contribution in [-0.4, -0.2) is 29.9 Å². The molecule has 0 aliphatic carbocycles. The molecule has 0 saturated carbocycles. The molecule has 1 amide bonds. The van der Waals surface area contributed by atoms with Crippen LogP contribution < -0.4 is 4.74 Å². The van der Waals surface area contributed by atoms with Crippen LogP contribution in [0.3, 0.4) is 0 Å². The van der Waals surface area contributed by atoms with E-state index < -0.39 is 4.92 Å². The van der Waals surface area contributed by atoms with E-state index in [9.17, 15) is 14.9 Å². The highest BCUT2D eigenvalue weighted by atomic mass is 16.6. The minimum absolute atomic E-state index is 0.111. The van der Waals surface area contributed by atoms with E-state index in [1.165, 1.54) is 30.2 Å². The van der Waals surface area contributed by atoms with Gasteiger partial charge in [0.15, 0.2) is 5.75 Å². The number of ether oxygens (including phenoxy) is 1. The van der Waals surface area contributed by atoms with Gasteiger partial charge in [0.1, 0.15) is 11.3 Å². The van der Waals surface area contributed by atoms with Crippen LogP contribution in [-0.2, 0) is 0 Å². The fourth-order valence-electron chi connectivity index (χ4n) is 2.74. The Morgan fingerprint density at radius 1 is 1.23 bits per heavy atom. The highest BCUT2D eigenvalue weighted by molar-refractivity contribution is 5.95. The number of nitrogens with zero attached hydrogens (tertiary/aromatic N) is 2. The Bertz CT molecular complexity index is 946. The fraction of sp³-hybridized carbons (Fsp3) is 0.211. The number of hydrogen-bond donors (Lipinski definition) is 0. The molecular formula is C19H18N2O5. The van der Waals surface area contributed by atoms with Gasteiger partial charge in [0.05, 0.1) is 18.1 Å². The van der Waals surface area contributed by atoms with Crippen molar-refractivity contribution < 1.29 is 18.9 Å². The van der Waals surface area contributed by atoms with Crippen molar-refractivity contribution in [1.29, 1.82) is 0 Å². The van der Waals surface area contributed by atoms with Crippen LogP contribution in [0.2, 0.25) is 0 Å². The summed E-state index contributed by atoms with van der Waals surface area (Å²) in [5.74, 6) is 0.410. The lowest BCUT2D eigenvalue weighted by Gasteiger charge is -2.23. The van der Waals surface area contributed by atoms with Gasteiger partial charge in [0, 0.05) is 24.1 Å². The summed E-state index contributed by atoms with van der Waals surface area (Å²) in [4.78, 5) is 24.9. The van der Waals surface area contributed by atoms with E-state index in [4.69, 9.17) is 9.15 Å². The molecule has 0 aliphatic rings. The number of carbonyl (C=O) groups is 1. The molecule has 0 spiro atoms. The summed E-state index contributed by atoms with van der Waals surface area (Å²) in [6.45, 7) is 1.84. The average Bonchev–Trinajstić information content (AvgIpc) is 3.09. The molecule has 1 heterocycles. The lowest BCUT2D eigenvalue weighted by Crippen LogP contribution is -2.29. The molecular weight excluding hydrogens is 336 g/mol. The molecule has 0 unspecified atom stereocenters. The second-order valence-corrected chi connectivity index (χ2v) is 5.92. The number of nitro groups is 1. The van der Waals surface area contributed by atoms with Crippen LogP contribution in [0.5, 0.6) is 5.75 Å². The second kappa shape index (κ2) is 6.87. The molecule has 0 aliphatic heterocycles. The number of methoxy groups -OCH3 is 1.